The van der Waals surface area contributed by atoms with Crippen molar-refractivity contribution in [2.75, 3.05) is 51.9 Å². The summed E-state index contributed by atoms with van der Waals surface area (Å²) in [4.78, 5) is 25.1. The summed E-state index contributed by atoms with van der Waals surface area (Å²) in [6, 6.07) is 0.230. The van der Waals surface area contributed by atoms with Crippen LogP contribution in [0.15, 0.2) is 0 Å². The van der Waals surface area contributed by atoms with Crippen LogP contribution in [-0.2, 0) is 14.3 Å². The Kier molecular flexibility index (Phi) is 8.64. The maximum Gasteiger partial charge on any atom is 0.239 e. The topological polar surface area (TPSA) is 70.7 Å². The highest BCUT2D eigenvalue weighted by molar-refractivity contribution is 7.99. The first-order valence-electron chi connectivity index (χ1n) is 6.94. The third-order valence-electron chi connectivity index (χ3n) is 3.07. The smallest absolute Gasteiger partial charge is 0.239 e. The fourth-order valence-electron chi connectivity index (χ4n) is 1.92. The number of rotatable bonds is 8. The molecule has 0 aliphatic carbocycles. The second-order valence-corrected chi connectivity index (χ2v) is 6.03. The van der Waals surface area contributed by atoms with E-state index in [1.807, 2.05) is 11.8 Å². The number of hydrogen-bond donors (Lipinski definition) is 2. The van der Waals surface area contributed by atoms with Crippen molar-refractivity contribution >= 4 is 23.6 Å². The monoisotopic (exact) mass is 303 g/mol. The van der Waals surface area contributed by atoms with Crippen LogP contribution in [0.25, 0.3) is 0 Å². The lowest BCUT2D eigenvalue weighted by atomic mass is 10.2. The van der Waals surface area contributed by atoms with Crippen molar-refractivity contribution in [2.45, 2.75) is 18.9 Å². The van der Waals surface area contributed by atoms with Crippen molar-refractivity contribution in [1.82, 2.24) is 15.5 Å². The number of thioether (sulfide) groups is 1. The first kappa shape index (κ1) is 17.3. The molecule has 0 bridgehead atoms. The van der Waals surface area contributed by atoms with Crippen LogP contribution in [0.1, 0.15) is 12.8 Å². The van der Waals surface area contributed by atoms with Crippen molar-refractivity contribution in [3.8, 4) is 0 Å². The molecule has 1 rings (SSSR count). The van der Waals surface area contributed by atoms with Gasteiger partial charge in [-0.3, -0.25) is 9.59 Å². The Morgan fingerprint density at radius 1 is 1.50 bits per heavy atom. The van der Waals surface area contributed by atoms with Gasteiger partial charge in [0.05, 0.1) is 6.54 Å². The molecule has 2 amide bonds. The van der Waals surface area contributed by atoms with Gasteiger partial charge in [-0.25, -0.2) is 0 Å². The second-order valence-electron chi connectivity index (χ2n) is 4.88. The van der Waals surface area contributed by atoms with Gasteiger partial charge in [0, 0.05) is 57.8 Å². The molecule has 0 saturated carbocycles. The molecule has 1 heterocycles. The zero-order chi connectivity index (χ0) is 14.8. The van der Waals surface area contributed by atoms with Gasteiger partial charge in [-0.15, -0.1) is 0 Å². The third kappa shape index (κ3) is 7.12. The molecule has 0 spiro atoms. The van der Waals surface area contributed by atoms with E-state index in [1.165, 1.54) is 4.90 Å². The Morgan fingerprint density at radius 3 is 2.95 bits per heavy atom. The highest BCUT2D eigenvalue weighted by Gasteiger charge is 2.20. The zero-order valence-corrected chi connectivity index (χ0v) is 13.1. The van der Waals surface area contributed by atoms with E-state index < -0.39 is 0 Å². The van der Waals surface area contributed by atoms with Crippen LogP contribution in [-0.4, -0.2) is 74.7 Å². The van der Waals surface area contributed by atoms with E-state index >= 15 is 0 Å². The predicted molar refractivity (Wildman–Crippen MR) is 80.9 cm³/mol. The number of methoxy groups -OCH3 is 1. The normalized spacial score (nSPS) is 18.6. The molecule has 1 aliphatic rings. The summed E-state index contributed by atoms with van der Waals surface area (Å²) in [6.07, 6.45) is 1.24. The average molecular weight is 303 g/mol. The van der Waals surface area contributed by atoms with E-state index in [0.717, 1.165) is 24.5 Å². The molecule has 0 aromatic heterocycles. The summed E-state index contributed by atoms with van der Waals surface area (Å²) in [5.41, 5.74) is 0. The molecule has 1 fully saturated rings. The molecule has 1 saturated heterocycles. The lowest BCUT2D eigenvalue weighted by molar-refractivity contribution is -0.135. The van der Waals surface area contributed by atoms with E-state index in [2.05, 4.69) is 10.6 Å². The van der Waals surface area contributed by atoms with Gasteiger partial charge in [0.15, 0.2) is 0 Å². The van der Waals surface area contributed by atoms with E-state index in [0.29, 0.717) is 19.6 Å². The summed E-state index contributed by atoms with van der Waals surface area (Å²) in [7, 11) is 3.30. The number of amides is 2. The summed E-state index contributed by atoms with van der Waals surface area (Å²) in [6.45, 7) is 2.27. The highest BCUT2D eigenvalue weighted by atomic mass is 32.2. The van der Waals surface area contributed by atoms with Crippen molar-refractivity contribution in [3.05, 3.63) is 0 Å². The minimum atomic E-state index is -0.122. The molecule has 2 N–H and O–H groups in total. The average Bonchev–Trinajstić information content (AvgIpc) is 2.44. The molecule has 6 nitrogen and oxygen atoms in total. The number of nitrogens with one attached hydrogen (secondary N) is 2. The van der Waals surface area contributed by atoms with E-state index in [1.54, 1.807) is 14.2 Å². The quantitative estimate of drug-likeness (QED) is 0.602. The SMILES string of the molecule is COCCCNC(=O)CN(C)C(=O)CC1CSCCN1. The van der Waals surface area contributed by atoms with Crippen LogP contribution in [0, 0.1) is 0 Å². The van der Waals surface area contributed by atoms with Gasteiger partial charge in [-0.1, -0.05) is 0 Å². The van der Waals surface area contributed by atoms with Gasteiger partial charge in [0.25, 0.3) is 0 Å². The van der Waals surface area contributed by atoms with Crippen LogP contribution < -0.4 is 10.6 Å². The fraction of sp³-hybridized carbons (Fsp3) is 0.846. The van der Waals surface area contributed by atoms with Gasteiger partial charge < -0.3 is 20.3 Å². The van der Waals surface area contributed by atoms with Crippen LogP contribution >= 0.6 is 11.8 Å². The van der Waals surface area contributed by atoms with Gasteiger partial charge in [-0.2, -0.15) is 11.8 Å². The van der Waals surface area contributed by atoms with Crippen molar-refractivity contribution in [2.24, 2.45) is 0 Å². The Labute approximate surface area is 125 Å². The summed E-state index contributed by atoms with van der Waals surface area (Å²) < 4.78 is 4.90. The molecule has 116 valence electrons. The van der Waals surface area contributed by atoms with Crippen LogP contribution in [0.2, 0.25) is 0 Å². The molecule has 0 aromatic rings. The predicted octanol–water partition coefficient (Wildman–Crippen LogP) is -0.307. The Bertz CT molecular complexity index is 309. The van der Waals surface area contributed by atoms with Crippen LogP contribution in [0.4, 0.5) is 0 Å². The molecule has 1 aliphatic heterocycles. The molecular weight excluding hydrogens is 278 g/mol. The van der Waals surface area contributed by atoms with E-state index in [-0.39, 0.29) is 24.4 Å². The number of hydrogen-bond acceptors (Lipinski definition) is 5. The molecule has 7 heteroatoms. The van der Waals surface area contributed by atoms with Crippen molar-refractivity contribution in [3.63, 3.8) is 0 Å². The van der Waals surface area contributed by atoms with Gasteiger partial charge >= 0.3 is 0 Å². The number of likely N-dealkylation sites (N-methyl/N-ethyl adjacent to an activating group) is 1. The lowest BCUT2D eigenvalue weighted by Gasteiger charge is -2.25. The number of carbonyl (C=O) groups is 2. The first-order valence-corrected chi connectivity index (χ1v) is 8.09. The lowest BCUT2D eigenvalue weighted by Crippen LogP contribution is -2.44. The minimum Gasteiger partial charge on any atom is -0.385 e. The van der Waals surface area contributed by atoms with Gasteiger partial charge in [0.1, 0.15) is 0 Å². The van der Waals surface area contributed by atoms with Crippen molar-refractivity contribution in [1.29, 1.82) is 0 Å². The maximum atomic E-state index is 12.0. The number of carbonyl (C=O) groups excluding carboxylic acids is 2. The molecule has 0 aromatic carbocycles. The molecule has 1 atom stereocenters. The summed E-state index contributed by atoms with van der Waals surface area (Å²) >= 11 is 1.86. The summed E-state index contributed by atoms with van der Waals surface area (Å²) in [5.74, 6) is 1.95. The summed E-state index contributed by atoms with van der Waals surface area (Å²) in [5, 5.41) is 6.10. The van der Waals surface area contributed by atoms with E-state index in [4.69, 9.17) is 4.74 Å². The Morgan fingerprint density at radius 2 is 2.30 bits per heavy atom. The fourth-order valence-corrected chi connectivity index (χ4v) is 2.87. The molecule has 0 radical (unpaired) electrons. The van der Waals surface area contributed by atoms with Crippen molar-refractivity contribution < 1.29 is 14.3 Å². The maximum absolute atomic E-state index is 12.0. The number of nitrogens with zero attached hydrogens (tertiary/aromatic N) is 1. The standard InChI is InChI=1S/C13H25N3O3S/c1-16(9-12(17)15-4-3-6-19-2)13(18)8-11-10-20-7-5-14-11/h11,14H,3-10H2,1-2H3,(H,15,17). The number of ether oxygens (including phenoxy) is 1. The van der Waals surface area contributed by atoms with E-state index in [9.17, 15) is 9.59 Å². The Hall–Kier alpha value is -0.790. The molecule has 1 unspecified atom stereocenters. The molecular formula is C13H25N3O3S. The third-order valence-corrected chi connectivity index (χ3v) is 4.20. The largest absolute Gasteiger partial charge is 0.385 e. The minimum absolute atomic E-state index is 0.0111. The van der Waals surface area contributed by atoms with Crippen LogP contribution in [0.3, 0.4) is 0 Å². The first-order chi connectivity index (χ1) is 9.63. The highest BCUT2D eigenvalue weighted by Crippen LogP contribution is 2.11. The zero-order valence-electron chi connectivity index (χ0n) is 12.3. The second kappa shape index (κ2) is 10.0. The Balaban J connectivity index is 2.17. The van der Waals surface area contributed by atoms with Gasteiger partial charge in [0.2, 0.25) is 11.8 Å². The van der Waals surface area contributed by atoms with Crippen LogP contribution in [0.5, 0.6) is 0 Å². The molecule has 20 heavy (non-hydrogen) atoms. The van der Waals surface area contributed by atoms with Gasteiger partial charge in [-0.05, 0) is 6.42 Å².